The summed E-state index contributed by atoms with van der Waals surface area (Å²) in [5.74, 6) is 0. The lowest BCUT2D eigenvalue weighted by molar-refractivity contribution is 0.568. The molecule has 0 unspecified atom stereocenters. The molecule has 0 aliphatic carbocycles. The molecule has 3 heteroatoms. The van der Waals surface area contributed by atoms with Gasteiger partial charge in [0.1, 0.15) is 0 Å². The maximum absolute atomic E-state index is 4.08. The second kappa shape index (κ2) is 5.11. The molecule has 0 spiro atoms. The van der Waals surface area contributed by atoms with Gasteiger partial charge in [0, 0.05) is 23.1 Å². The molecule has 0 saturated carbocycles. The van der Waals surface area contributed by atoms with Crippen molar-refractivity contribution >= 4 is 27.7 Å². The van der Waals surface area contributed by atoms with E-state index in [2.05, 4.69) is 72.2 Å². The van der Waals surface area contributed by atoms with E-state index in [1.807, 2.05) is 17.1 Å². The Morgan fingerprint density at radius 2 is 1.89 bits per heavy atom. The minimum Gasteiger partial charge on any atom is -0.313 e. The quantitative estimate of drug-likeness (QED) is 0.787. The summed E-state index contributed by atoms with van der Waals surface area (Å²) in [6, 6.07) is 8.42. The maximum atomic E-state index is 4.08. The van der Waals surface area contributed by atoms with E-state index in [9.17, 15) is 0 Å². The first-order valence-corrected chi connectivity index (χ1v) is 6.72. The Balaban J connectivity index is 2.47. The van der Waals surface area contributed by atoms with E-state index in [4.69, 9.17) is 0 Å². The Kier molecular flexibility index (Phi) is 3.71. The van der Waals surface area contributed by atoms with Crippen LogP contribution in [0.2, 0.25) is 0 Å². The van der Waals surface area contributed by atoms with E-state index in [-0.39, 0.29) is 5.41 Å². The Morgan fingerprint density at radius 1 is 1.22 bits per heavy atom. The number of benzene rings is 1. The first kappa shape index (κ1) is 13.1. The van der Waals surface area contributed by atoms with Gasteiger partial charge >= 0.3 is 0 Å². The van der Waals surface area contributed by atoms with E-state index < -0.39 is 0 Å². The number of halogens is 1. The number of imidazole rings is 1. The van der Waals surface area contributed by atoms with Crippen LogP contribution in [0.25, 0.3) is 11.8 Å². The van der Waals surface area contributed by atoms with E-state index in [1.165, 1.54) is 11.1 Å². The van der Waals surface area contributed by atoms with Crippen molar-refractivity contribution in [2.45, 2.75) is 20.8 Å². The van der Waals surface area contributed by atoms with Gasteiger partial charge in [-0.3, -0.25) is 0 Å². The minimum absolute atomic E-state index is 0.0814. The third kappa shape index (κ3) is 3.10. The predicted octanol–water partition coefficient (Wildman–Crippen LogP) is 4.69. The van der Waals surface area contributed by atoms with Crippen molar-refractivity contribution in [2.24, 2.45) is 5.41 Å². The lowest BCUT2D eigenvalue weighted by Crippen LogP contribution is -2.09. The molecule has 0 N–H and O–H groups in total. The Bertz CT molecular complexity index is 531. The van der Waals surface area contributed by atoms with Crippen LogP contribution >= 0.6 is 15.9 Å². The highest BCUT2D eigenvalue weighted by Crippen LogP contribution is 2.35. The zero-order valence-electron chi connectivity index (χ0n) is 10.9. The Hall–Kier alpha value is -1.35. The molecule has 0 atom stereocenters. The molecule has 0 bridgehead atoms. The first-order chi connectivity index (χ1) is 8.47. The number of hydrogen-bond acceptors (Lipinski definition) is 1. The summed E-state index contributed by atoms with van der Waals surface area (Å²) in [5.41, 5.74) is 2.60. The highest BCUT2D eigenvalue weighted by molar-refractivity contribution is 9.10. The summed E-state index contributed by atoms with van der Waals surface area (Å²) < 4.78 is 3.09. The molecule has 0 fully saturated rings. The average Bonchev–Trinajstić information content (AvgIpc) is 2.79. The third-order valence-electron chi connectivity index (χ3n) is 2.77. The van der Waals surface area contributed by atoms with Crippen molar-refractivity contribution in [1.29, 1.82) is 0 Å². The summed E-state index contributed by atoms with van der Waals surface area (Å²) in [6.45, 7) is 6.66. The van der Waals surface area contributed by atoms with Gasteiger partial charge in [-0.15, -0.1) is 0 Å². The molecule has 94 valence electrons. The fourth-order valence-electron chi connectivity index (χ4n) is 1.83. The molecule has 0 saturated heterocycles. The van der Waals surface area contributed by atoms with Crippen molar-refractivity contribution in [3.05, 3.63) is 53.0 Å². The van der Waals surface area contributed by atoms with Crippen LogP contribution in [-0.2, 0) is 0 Å². The standard InChI is InChI=1S/C15H17BrN2/c1-15(2,3)14(10-18-9-8-17-11-18)12-4-6-13(16)7-5-12/h4-11H,1-3H3. The van der Waals surface area contributed by atoms with E-state index in [0.717, 1.165) is 4.47 Å². The van der Waals surface area contributed by atoms with Gasteiger partial charge in [-0.2, -0.15) is 0 Å². The lowest BCUT2D eigenvalue weighted by Gasteiger charge is -2.23. The number of rotatable bonds is 2. The summed E-state index contributed by atoms with van der Waals surface area (Å²) >= 11 is 3.47. The van der Waals surface area contributed by atoms with Crippen LogP contribution in [0.3, 0.4) is 0 Å². The maximum Gasteiger partial charge on any atom is 0.0986 e. The fourth-order valence-corrected chi connectivity index (χ4v) is 2.09. The molecule has 18 heavy (non-hydrogen) atoms. The van der Waals surface area contributed by atoms with Gasteiger partial charge in [-0.05, 0) is 28.7 Å². The largest absolute Gasteiger partial charge is 0.313 e. The predicted molar refractivity (Wildman–Crippen MR) is 80.0 cm³/mol. The van der Waals surface area contributed by atoms with Crippen LogP contribution in [-0.4, -0.2) is 9.55 Å². The van der Waals surface area contributed by atoms with Crippen LogP contribution in [0, 0.1) is 5.41 Å². The summed E-state index contributed by atoms with van der Waals surface area (Å²) in [7, 11) is 0. The van der Waals surface area contributed by atoms with Crippen molar-refractivity contribution in [1.82, 2.24) is 9.55 Å². The second-order valence-electron chi connectivity index (χ2n) is 5.31. The molecule has 0 aliphatic heterocycles. The minimum atomic E-state index is 0.0814. The average molecular weight is 305 g/mol. The topological polar surface area (TPSA) is 17.8 Å². The summed E-state index contributed by atoms with van der Waals surface area (Å²) in [5, 5.41) is 0. The highest BCUT2D eigenvalue weighted by Gasteiger charge is 2.18. The van der Waals surface area contributed by atoms with Gasteiger partial charge in [0.2, 0.25) is 0 Å². The number of aromatic nitrogens is 2. The number of allylic oxidation sites excluding steroid dienone is 1. The van der Waals surface area contributed by atoms with Crippen LogP contribution in [0.5, 0.6) is 0 Å². The van der Waals surface area contributed by atoms with E-state index in [1.54, 1.807) is 6.20 Å². The number of nitrogens with zero attached hydrogens (tertiary/aromatic N) is 2. The lowest BCUT2D eigenvalue weighted by atomic mass is 9.83. The van der Waals surface area contributed by atoms with E-state index >= 15 is 0 Å². The Labute approximate surface area is 116 Å². The molecule has 1 aromatic heterocycles. The van der Waals surface area contributed by atoms with Crippen molar-refractivity contribution in [3.8, 4) is 0 Å². The SMILES string of the molecule is CC(C)(C)C(=Cn1ccnc1)c1ccc(Br)cc1. The third-order valence-corrected chi connectivity index (χ3v) is 3.29. The normalized spacial score (nSPS) is 12.8. The molecular weight excluding hydrogens is 288 g/mol. The van der Waals surface area contributed by atoms with Crippen LogP contribution in [0.4, 0.5) is 0 Å². The van der Waals surface area contributed by atoms with Crippen LogP contribution in [0.1, 0.15) is 26.3 Å². The zero-order chi connectivity index (χ0) is 13.2. The first-order valence-electron chi connectivity index (χ1n) is 5.92. The molecule has 1 aromatic carbocycles. The summed E-state index contributed by atoms with van der Waals surface area (Å²) in [6.07, 6.45) is 7.68. The van der Waals surface area contributed by atoms with Gasteiger partial charge in [-0.1, -0.05) is 48.8 Å². The van der Waals surface area contributed by atoms with Gasteiger partial charge in [-0.25, -0.2) is 4.98 Å². The molecular formula is C15H17BrN2. The fraction of sp³-hybridized carbons (Fsp3) is 0.267. The van der Waals surface area contributed by atoms with Crippen molar-refractivity contribution in [2.75, 3.05) is 0 Å². The van der Waals surface area contributed by atoms with Gasteiger partial charge < -0.3 is 4.57 Å². The molecule has 0 amide bonds. The molecule has 1 heterocycles. The van der Waals surface area contributed by atoms with Crippen LogP contribution in [0.15, 0.2) is 47.5 Å². The van der Waals surface area contributed by atoms with Gasteiger partial charge in [0.05, 0.1) is 6.33 Å². The Morgan fingerprint density at radius 3 is 2.39 bits per heavy atom. The molecule has 0 aliphatic rings. The smallest absolute Gasteiger partial charge is 0.0986 e. The molecule has 2 rings (SSSR count). The highest BCUT2D eigenvalue weighted by atomic mass is 79.9. The molecule has 2 aromatic rings. The van der Waals surface area contributed by atoms with E-state index in [0.29, 0.717) is 0 Å². The van der Waals surface area contributed by atoms with Crippen molar-refractivity contribution < 1.29 is 0 Å². The monoisotopic (exact) mass is 304 g/mol. The summed E-state index contributed by atoms with van der Waals surface area (Å²) in [4.78, 5) is 4.08. The van der Waals surface area contributed by atoms with Crippen molar-refractivity contribution in [3.63, 3.8) is 0 Å². The van der Waals surface area contributed by atoms with Gasteiger partial charge in [0.25, 0.3) is 0 Å². The van der Waals surface area contributed by atoms with Gasteiger partial charge in [0.15, 0.2) is 0 Å². The number of hydrogen-bond donors (Lipinski definition) is 0. The van der Waals surface area contributed by atoms with Crippen LogP contribution < -0.4 is 0 Å². The molecule has 2 nitrogen and oxygen atoms in total. The molecule has 0 radical (unpaired) electrons. The second-order valence-corrected chi connectivity index (χ2v) is 6.23. The zero-order valence-corrected chi connectivity index (χ0v) is 12.5.